The standard InChI is InChI=1S/C6H16NO2PS.K/c1-5-9-10(8,11)7-6(2,3)4;/h5H2,1-4H3,(H2,7,8,11);/q;+1/p-1. The van der Waals surface area contributed by atoms with Gasteiger partial charge in [0.2, 0.25) is 0 Å². The van der Waals surface area contributed by atoms with Crippen molar-refractivity contribution < 1.29 is 60.8 Å². The quantitative estimate of drug-likeness (QED) is 0.454. The van der Waals surface area contributed by atoms with E-state index in [2.05, 4.69) is 5.09 Å². The predicted molar refractivity (Wildman–Crippen MR) is 48.8 cm³/mol. The molecular formula is C6H15KNO2PS. The first kappa shape index (κ1) is 16.6. The Morgan fingerprint density at radius 1 is 1.50 bits per heavy atom. The molecule has 68 valence electrons. The average molecular weight is 235 g/mol. The Morgan fingerprint density at radius 3 is 2.17 bits per heavy atom. The molecular weight excluding hydrogens is 220 g/mol. The molecule has 1 atom stereocenters. The molecule has 0 aromatic carbocycles. The summed E-state index contributed by atoms with van der Waals surface area (Å²) in [6, 6.07) is 0. The van der Waals surface area contributed by atoms with Gasteiger partial charge in [-0.3, -0.25) is 5.09 Å². The first-order valence-electron chi connectivity index (χ1n) is 3.52. The zero-order valence-electron chi connectivity index (χ0n) is 8.38. The molecule has 0 spiro atoms. The summed E-state index contributed by atoms with van der Waals surface area (Å²) >= 11 is 4.71. The van der Waals surface area contributed by atoms with Crippen LogP contribution in [0.1, 0.15) is 27.7 Å². The average Bonchev–Trinajstić information content (AvgIpc) is 1.55. The summed E-state index contributed by atoms with van der Waals surface area (Å²) in [5.41, 5.74) is -0.257. The molecule has 1 N–H and O–H groups in total. The van der Waals surface area contributed by atoms with E-state index in [9.17, 15) is 4.89 Å². The summed E-state index contributed by atoms with van der Waals surface area (Å²) in [7, 11) is 0. The molecule has 1 unspecified atom stereocenters. The van der Waals surface area contributed by atoms with Crippen LogP contribution >= 0.6 is 6.64 Å². The van der Waals surface area contributed by atoms with Crippen LogP contribution in [0, 0.1) is 0 Å². The zero-order valence-corrected chi connectivity index (χ0v) is 13.2. The number of hydrogen-bond donors (Lipinski definition) is 1. The van der Waals surface area contributed by atoms with Crippen molar-refractivity contribution >= 4 is 18.4 Å². The molecule has 0 radical (unpaired) electrons. The van der Waals surface area contributed by atoms with Crippen LogP contribution in [0.5, 0.6) is 0 Å². The van der Waals surface area contributed by atoms with Gasteiger partial charge in [-0.1, -0.05) is 11.8 Å². The predicted octanol–water partition coefficient (Wildman–Crippen LogP) is -2.00. The maximum Gasteiger partial charge on any atom is 1.00 e. The SMILES string of the molecule is CCOP([O-])(=S)NC(C)(C)C.[K+]. The number of nitrogens with one attached hydrogen (secondary N) is 1. The fourth-order valence-electron chi connectivity index (χ4n) is 0.613. The van der Waals surface area contributed by atoms with Crippen LogP contribution in [0.2, 0.25) is 0 Å². The van der Waals surface area contributed by atoms with Crippen molar-refractivity contribution in [1.29, 1.82) is 0 Å². The Balaban J connectivity index is 0. The Labute approximate surface area is 122 Å². The van der Waals surface area contributed by atoms with Gasteiger partial charge in [0.05, 0.1) is 6.64 Å². The van der Waals surface area contributed by atoms with Crippen LogP contribution in [-0.2, 0) is 16.3 Å². The fourth-order valence-corrected chi connectivity index (χ4v) is 2.98. The third-order valence-electron chi connectivity index (χ3n) is 0.771. The molecule has 0 aromatic rings. The molecule has 0 aliphatic carbocycles. The van der Waals surface area contributed by atoms with E-state index in [1.54, 1.807) is 6.92 Å². The van der Waals surface area contributed by atoms with Crippen LogP contribution in [-0.4, -0.2) is 12.1 Å². The van der Waals surface area contributed by atoms with Gasteiger partial charge in [-0.15, -0.1) is 0 Å². The Bertz CT molecular complexity index is 171. The van der Waals surface area contributed by atoms with E-state index in [4.69, 9.17) is 16.3 Å². The molecule has 0 aliphatic heterocycles. The second-order valence-electron chi connectivity index (χ2n) is 3.28. The van der Waals surface area contributed by atoms with Crippen molar-refractivity contribution in [1.82, 2.24) is 5.09 Å². The number of hydrogen-bond acceptors (Lipinski definition) is 3. The molecule has 0 amide bonds. The molecule has 6 heteroatoms. The van der Waals surface area contributed by atoms with E-state index in [0.29, 0.717) is 6.61 Å². The van der Waals surface area contributed by atoms with Crippen molar-refractivity contribution in [2.75, 3.05) is 6.61 Å². The summed E-state index contributed by atoms with van der Waals surface area (Å²) in [5.74, 6) is 0. The van der Waals surface area contributed by atoms with Gasteiger partial charge in [0.25, 0.3) is 0 Å². The van der Waals surface area contributed by atoms with E-state index in [-0.39, 0.29) is 56.9 Å². The summed E-state index contributed by atoms with van der Waals surface area (Å²) in [4.78, 5) is 11.3. The number of rotatable bonds is 3. The van der Waals surface area contributed by atoms with Crippen molar-refractivity contribution in [2.45, 2.75) is 33.2 Å². The van der Waals surface area contributed by atoms with Crippen molar-refractivity contribution in [3.63, 3.8) is 0 Å². The van der Waals surface area contributed by atoms with Gasteiger partial charge >= 0.3 is 51.4 Å². The first-order chi connectivity index (χ1) is 4.77. The smallest absolute Gasteiger partial charge is 0.789 e. The second kappa shape index (κ2) is 6.61. The summed E-state index contributed by atoms with van der Waals surface area (Å²) in [6.07, 6.45) is 0. The fraction of sp³-hybridized carbons (Fsp3) is 1.00. The van der Waals surface area contributed by atoms with Gasteiger partial charge in [-0.25, -0.2) is 0 Å². The molecule has 0 aromatic heterocycles. The molecule has 3 nitrogen and oxygen atoms in total. The molecule has 0 aliphatic rings. The normalized spacial score (nSPS) is 16.4. The largest absolute Gasteiger partial charge is 1.00 e. The molecule has 0 fully saturated rings. The van der Waals surface area contributed by atoms with E-state index in [0.717, 1.165) is 0 Å². The summed E-state index contributed by atoms with van der Waals surface area (Å²) in [5, 5.41) is 2.74. The van der Waals surface area contributed by atoms with Crippen molar-refractivity contribution in [2.24, 2.45) is 0 Å². The van der Waals surface area contributed by atoms with E-state index < -0.39 is 6.64 Å². The van der Waals surface area contributed by atoms with Gasteiger partial charge in [0.15, 0.2) is 0 Å². The molecule has 0 bridgehead atoms. The van der Waals surface area contributed by atoms with Gasteiger partial charge in [-0.05, 0) is 27.7 Å². The minimum Gasteiger partial charge on any atom is -0.789 e. The van der Waals surface area contributed by atoms with E-state index >= 15 is 0 Å². The summed E-state index contributed by atoms with van der Waals surface area (Å²) < 4.78 is 4.86. The topological polar surface area (TPSA) is 44.3 Å². The van der Waals surface area contributed by atoms with Crippen LogP contribution in [0.15, 0.2) is 0 Å². The van der Waals surface area contributed by atoms with Gasteiger partial charge < -0.3 is 9.42 Å². The minimum absolute atomic E-state index is 0. The maximum absolute atomic E-state index is 11.3. The Hall–Kier alpha value is 2.17. The third-order valence-corrected chi connectivity index (χ3v) is 2.90. The monoisotopic (exact) mass is 235 g/mol. The van der Waals surface area contributed by atoms with Crippen LogP contribution in [0.4, 0.5) is 0 Å². The van der Waals surface area contributed by atoms with Gasteiger partial charge in [0, 0.05) is 12.1 Å². The van der Waals surface area contributed by atoms with E-state index in [1.165, 1.54) is 0 Å². The van der Waals surface area contributed by atoms with Gasteiger partial charge in [-0.2, -0.15) is 0 Å². The molecule has 0 rings (SSSR count). The zero-order chi connectivity index (χ0) is 9.12. The Morgan fingerprint density at radius 2 is 1.92 bits per heavy atom. The van der Waals surface area contributed by atoms with Crippen LogP contribution in [0.3, 0.4) is 0 Å². The third kappa shape index (κ3) is 10.2. The maximum atomic E-state index is 11.3. The molecule has 0 saturated carbocycles. The minimum atomic E-state index is -2.98. The van der Waals surface area contributed by atoms with Crippen LogP contribution < -0.4 is 61.4 Å². The first-order valence-corrected chi connectivity index (χ1v) is 6.16. The summed E-state index contributed by atoms with van der Waals surface area (Å²) in [6.45, 7) is 4.85. The molecule has 0 saturated heterocycles. The Kier molecular flexibility index (Phi) is 9.14. The molecule has 12 heavy (non-hydrogen) atoms. The van der Waals surface area contributed by atoms with Gasteiger partial charge in [0.1, 0.15) is 0 Å². The van der Waals surface area contributed by atoms with Crippen molar-refractivity contribution in [3.8, 4) is 0 Å². The van der Waals surface area contributed by atoms with E-state index in [1.807, 2.05) is 20.8 Å². The second-order valence-corrected chi connectivity index (χ2v) is 6.20. The van der Waals surface area contributed by atoms with Crippen LogP contribution in [0.25, 0.3) is 0 Å². The molecule has 0 heterocycles. The van der Waals surface area contributed by atoms with Crippen molar-refractivity contribution in [3.05, 3.63) is 0 Å².